The smallest absolute Gasteiger partial charge is 0.258 e. The number of aromatic nitrogens is 3. The minimum Gasteiger partial charge on any atom is -0.396 e. The van der Waals surface area contributed by atoms with Crippen LogP contribution in [-0.4, -0.2) is 20.7 Å². The number of carbonyl (C=O) groups excluding carboxylic acids is 1. The lowest BCUT2D eigenvalue weighted by Crippen LogP contribution is -2.12. The minimum atomic E-state index is -0.268. The Morgan fingerprint density at radius 3 is 2.71 bits per heavy atom. The fourth-order valence-electron chi connectivity index (χ4n) is 1.88. The molecule has 0 radical (unpaired) electrons. The molecule has 21 heavy (non-hydrogen) atoms. The summed E-state index contributed by atoms with van der Waals surface area (Å²) in [6.45, 7) is 0. The Morgan fingerprint density at radius 1 is 1.14 bits per heavy atom. The Hall–Kier alpha value is -3.15. The molecule has 3 N–H and O–H groups in total. The molecule has 0 unspecified atom stereocenters. The Bertz CT molecular complexity index is 766. The lowest BCUT2D eigenvalue weighted by atomic mass is 10.3. The molecule has 0 aliphatic carbocycles. The summed E-state index contributed by atoms with van der Waals surface area (Å²) in [6.07, 6.45) is 6.24. The van der Waals surface area contributed by atoms with Gasteiger partial charge in [-0.15, -0.1) is 0 Å². The summed E-state index contributed by atoms with van der Waals surface area (Å²) >= 11 is 0. The zero-order valence-electron chi connectivity index (χ0n) is 11.1. The van der Waals surface area contributed by atoms with Crippen LogP contribution in [0.25, 0.3) is 5.69 Å². The first-order chi connectivity index (χ1) is 10.2. The van der Waals surface area contributed by atoms with E-state index in [2.05, 4.69) is 15.4 Å². The third-order valence-electron chi connectivity index (χ3n) is 2.97. The van der Waals surface area contributed by atoms with E-state index >= 15 is 0 Å². The van der Waals surface area contributed by atoms with Crippen LogP contribution in [0.4, 0.5) is 11.4 Å². The van der Waals surface area contributed by atoms with E-state index in [1.54, 1.807) is 23.1 Å². The van der Waals surface area contributed by atoms with Crippen molar-refractivity contribution in [3.05, 3.63) is 66.7 Å². The summed E-state index contributed by atoms with van der Waals surface area (Å²) in [5.74, 6) is -0.268. The summed E-state index contributed by atoms with van der Waals surface area (Å²) < 4.78 is 1.64. The average Bonchev–Trinajstić information content (AvgIpc) is 3.00. The van der Waals surface area contributed by atoms with Crippen molar-refractivity contribution in [3.63, 3.8) is 0 Å². The first-order valence-corrected chi connectivity index (χ1v) is 6.35. The highest BCUT2D eigenvalue weighted by molar-refractivity contribution is 6.05. The zero-order chi connectivity index (χ0) is 14.7. The van der Waals surface area contributed by atoms with Gasteiger partial charge in [0.05, 0.1) is 35.0 Å². The van der Waals surface area contributed by atoms with E-state index in [4.69, 9.17) is 5.73 Å². The van der Waals surface area contributed by atoms with Crippen molar-refractivity contribution < 1.29 is 4.79 Å². The van der Waals surface area contributed by atoms with E-state index in [1.807, 2.05) is 30.3 Å². The Labute approximate surface area is 121 Å². The molecule has 0 aliphatic heterocycles. The number of nitrogens with one attached hydrogen (secondary N) is 1. The van der Waals surface area contributed by atoms with Crippen LogP contribution in [0.5, 0.6) is 0 Å². The number of nitrogens with two attached hydrogens (primary N) is 1. The summed E-state index contributed by atoms with van der Waals surface area (Å²) in [5, 5.41) is 6.92. The van der Waals surface area contributed by atoms with Crippen molar-refractivity contribution in [2.45, 2.75) is 0 Å². The highest BCUT2D eigenvalue weighted by atomic mass is 16.1. The summed E-state index contributed by atoms with van der Waals surface area (Å²) in [6, 6.07) is 11.2. The molecule has 0 aliphatic rings. The van der Waals surface area contributed by atoms with Gasteiger partial charge >= 0.3 is 0 Å². The normalized spacial score (nSPS) is 10.3. The molecule has 0 saturated heterocycles. The number of benzene rings is 1. The fraction of sp³-hybridized carbons (Fsp3) is 0. The van der Waals surface area contributed by atoms with Gasteiger partial charge in [0.25, 0.3) is 5.91 Å². The molecule has 2 heterocycles. The number of pyridine rings is 1. The predicted octanol–water partition coefficient (Wildman–Crippen LogP) is 2.10. The van der Waals surface area contributed by atoms with Gasteiger partial charge in [-0.2, -0.15) is 5.10 Å². The first-order valence-electron chi connectivity index (χ1n) is 6.35. The van der Waals surface area contributed by atoms with Gasteiger partial charge in [0, 0.05) is 12.4 Å². The summed E-state index contributed by atoms with van der Waals surface area (Å²) in [7, 11) is 0. The predicted molar refractivity (Wildman–Crippen MR) is 80.2 cm³/mol. The van der Waals surface area contributed by atoms with Crippen molar-refractivity contribution in [2.75, 3.05) is 11.1 Å². The summed E-state index contributed by atoms with van der Waals surface area (Å²) in [4.78, 5) is 16.0. The highest BCUT2D eigenvalue weighted by Crippen LogP contribution is 2.16. The maximum absolute atomic E-state index is 12.2. The monoisotopic (exact) mass is 279 g/mol. The van der Waals surface area contributed by atoms with E-state index in [1.165, 1.54) is 12.4 Å². The number of carbonyl (C=O) groups is 1. The maximum atomic E-state index is 12.2. The summed E-state index contributed by atoms with van der Waals surface area (Å²) in [5.41, 5.74) is 8.04. The molecule has 3 aromatic rings. The highest BCUT2D eigenvalue weighted by Gasteiger charge is 2.11. The van der Waals surface area contributed by atoms with E-state index < -0.39 is 0 Å². The van der Waals surface area contributed by atoms with Crippen LogP contribution >= 0.6 is 0 Å². The van der Waals surface area contributed by atoms with E-state index in [0.717, 1.165) is 5.69 Å². The Kier molecular flexibility index (Phi) is 3.34. The standard InChI is InChI=1S/C15H13N5O/c16-13-9-17-7-6-14(13)19-15(21)11-8-18-20(10-11)12-4-2-1-3-5-12/h1-10H,16H2,(H,17,19,21). The quantitative estimate of drug-likeness (QED) is 0.768. The van der Waals surface area contributed by atoms with Crippen molar-refractivity contribution in [1.82, 2.24) is 14.8 Å². The van der Waals surface area contributed by atoms with Gasteiger partial charge in [-0.3, -0.25) is 9.78 Å². The number of nitrogens with zero attached hydrogens (tertiary/aromatic N) is 3. The number of hydrogen-bond donors (Lipinski definition) is 2. The molecular weight excluding hydrogens is 266 g/mol. The van der Waals surface area contributed by atoms with Gasteiger partial charge in [0.1, 0.15) is 0 Å². The lowest BCUT2D eigenvalue weighted by Gasteiger charge is -2.05. The van der Waals surface area contributed by atoms with Crippen LogP contribution in [0, 0.1) is 0 Å². The topological polar surface area (TPSA) is 85.8 Å². The molecule has 1 aromatic carbocycles. The minimum absolute atomic E-state index is 0.268. The molecule has 0 saturated carbocycles. The molecule has 0 spiro atoms. The van der Waals surface area contributed by atoms with Gasteiger partial charge in [-0.25, -0.2) is 4.68 Å². The maximum Gasteiger partial charge on any atom is 0.258 e. The molecule has 0 fully saturated rings. The molecule has 0 bridgehead atoms. The van der Waals surface area contributed by atoms with Crippen molar-refractivity contribution in [3.8, 4) is 5.69 Å². The second kappa shape index (κ2) is 5.46. The average molecular weight is 279 g/mol. The van der Waals surface area contributed by atoms with Gasteiger partial charge in [0.15, 0.2) is 0 Å². The Morgan fingerprint density at radius 2 is 1.95 bits per heavy atom. The van der Waals surface area contributed by atoms with Crippen LogP contribution in [0.15, 0.2) is 61.2 Å². The number of para-hydroxylation sites is 1. The third-order valence-corrected chi connectivity index (χ3v) is 2.97. The molecule has 6 heteroatoms. The third kappa shape index (κ3) is 2.74. The van der Waals surface area contributed by atoms with Crippen LogP contribution in [0.3, 0.4) is 0 Å². The number of rotatable bonds is 3. The first kappa shape index (κ1) is 12.9. The number of amides is 1. The molecule has 104 valence electrons. The largest absolute Gasteiger partial charge is 0.396 e. The molecule has 2 aromatic heterocycles. The zero-order valence-corrected chi connectivity index (χ0v) is 11.1. The van der Waals surface area contributed by atoms with Crippen LogP contribution < -0.4 is 11.1 Å². The van der Waals surface area contributed by atoms with Crippen LogP contribution in [0.2, 0.25) is 0 Å². The van der Waals surface area contributed by atoms with E-state index in [0.29, 0.717) is 16.9 Å². The van der Waals surface area contributed by atoms with E-state index in [-0.39, 0.29) is 5.91 Å². The van der Waals surface area contributed by atoms with E-state index in [9.17, 15) is 4.79 Å². The van der Waals surface area contributed by atoms with Gasteiger partial charge < -0.3 is 11.1 Å². The van der Waals surface area contributed by atoms with Gasteiger partial charge in [0.2, 0.25) is 0 Å². The second-order valence-corrected chi connectivity index (χ2v) is 4.43. The van der Waals surface area contributed by atoms with Gasteiger partial charge in [-0.1, -0.05) is 18.2 Å². The molecule has 3 rings (SSSR count). The number of anilines is 2. The number of nitrogen functional groups attached to an aromatic ring is 1. The van der Waals surface area contributed by atoms with Crippen molar-refractivity contribution in [1.29, 1.82) is 0 Å². The SMILES string of the molecule is Nc1cnccc1NC(=O)c1cnn(-c2ccccc2)c1. The number of hydrogen-bond acceptors (Lipinski definition) is 4. The van der Waals surface area contributed by atoms with Crippen LogP contribution in [0.1, 0.15) is 10.4 Å². The molecule has 0 atom stereocenters. The van der Waals surface area contributed by atoms with Crippen LogP contribution in [-0.2, 0) is 0 Å². The van der Waals surface area contributed by atoms with Crippen molar-refractivity contribution >= 4 is 17.3 Å². The van der Waals surface area contributed by atoms with Gasteiger partial charge in [-0.05, 0) is 18.2 Å². The molecular formula is C15H13N5O. The Balaban J connectivity index is 1.80. The second-order valence-electron chi connectivity index (χ2n) is 4.43. The lowest BCUT2D eigenvalue weighted by molar-refractivity contribution is 0.102. The van der Waals surface area contributed by atoms with Crippen molar-refractivity contribution in [2.24, 2.45) is 0 Å². The molecule has 1 amide bonds. The fourth-order valence-corrected chi connectivity index (χ4v) is 1.88. The molecule has 6 nitrogen and oxygen atoms in total.